The molecule has 0 spiro atoms. The number of aliphatic hydroxyl groups excluding tert-OH is 1. The Balaban J connectivity index is 2.05. The van der Waals surface area contributed by atoms with Gasteiger partial charge in [0.1, 0.15) is 0 Å². The van der Waals surface area contributed by atoms with Crippen molar-refractivity contribution in [3.05, 3.63) is 52.0 Å². The maximum Gasteiger partial charge on any atom is 0.0953 e. The fraction of sp³-hybridized carbons (Fsp3) is 0.357. The van der Waals surface area contributed by atoms with E-state index in [2.05, 4.69) is 18.8 Å². The highest BCUT2D eigenvalue weighted by Gasteiger charge is 2.11. The lowest BCUT2D eigenvalue weighted by Crippen LogP contribution is -2.02. The molecule has 0 saturated heterocycles. The monoisotopic (exact) mass is 247 g/mol. The molecule has 2 rings (SSSR count). The summed E-state index contributed by atoms with van der Waals surface area (Å²) >= 11 is 1.67. The number of thiazole rings is 1. The van der Waals surface area contributed by atoms with Gasteiger partial charge in [-0.25, -0.2) is 4.98 Å². The van der Waals surface area contributed by atoms with E-state index in [-0.39, 0.29) is 0 Å². The molecule has 1 N–H and O–H groups in total. The minimum absolute atomic E-state index is 0.460. The second kappa shape index (κ2) is 5.43. The van der Waals surface area contributed by atoms with Gasteiger partial charge in [-0.3, -0.25) is 0 Å². The number of rotatable bonds is 4. The Morgan fingerprint density at radius 2 is 1.94 bits per heavy atom. The molecule has 1 heterocycles. The third-order valence-corrected chi connectivity index (χ3v) is 3.84. The van der Waals surface area contributed by atoms with Gasteiger partial charge in [0.15, 0.2) is 0 Å². The van der Waals surface area contributed by atoms with Crippen LogP contribution in [0.4, 0.5) is 0 Å². The fourth-order valence-electron chi connectivity index (χ4n) is 1.67. The zero-order valence-electron chi connectivity index (χ0n) is 10.1. The van der Waals surface area contributed by atoms with Gasteiger partial charge in [-0.1, -0.05) is 44.2 Å². The number of aromatic nitrogens is 1. The molecule has 1 aromatic carbocycles. The number of aliphatic hydroxyl groups is 1. The molecule has 0 fully saturated rings. The standard InChI is InChI=1S/C14H17NOS/c1-10(2)14-15-12(9-17-14)8-13(16)11-6-4-3-5-7-11/h3-7,9-10,13,16H,8H2,1-2H3. The predicted octanol–water partition coefficient (Wildman–Crippen LogP) is 3.54. The molecular formula is C14H17NOS. The van der Waals surface area contributed by atoms with Crippen molar-refractivity contribution >= 4 is 11.3 Å². The quantitative estimate of drug-likeness (QED) is 0.896. The van der Waals surface area contributed by atoms with Gasteiger partial charge in [0, 0.05) is 17.7 Å². The van der Waals surface area contributed by atoms with E-state index < -0.39 is 6.10 Å². The van der Waals surface area contributed by atoms with E-state index in [0.29, 0.717) is 12.3 Å². The van der Waals surface area contributed by atoms with Crippen LogP contribution in [0.25, 0.3) is 0 Å². The van der Waals surface area contributed by atoms with Crippen LogP contribution in [0.1, 0.15) is 42.1 Å². The first-order valence-corrected chi connectivity index (χ1v) is 6.72. The summed E-state index contributed by atoms with van der Waals surface area (Å²) in [5.74, 6) is 0.461. The first-order valence-electron chi connectivity index (χ1n) is 5.84. The van der Waals surface area contributed by atoms with Crippen LogP contribution in [0.5, 0.6) is 0 Å². The lowest BCUT2D eigenvalue weighted by atomic mass is 10.1. The van der Waals surface area contributed by atoms with Crippen LogP contribution in [0, 0.1) is 0 Å². The fourth-order valence-corrected chi connectivity index (χ4v) is 2.52. The smallest absolute Gasteiger partial charge is 0.0953 e. The molecule has 17 heavy (non-hydrogen) atoms. The van der Waals surface area contributed by atoms with Gasteiger partial charge in [-0.2, -0.15) is 0 Å². The third-order valence-electron chi connectivity index (χ3n) is 2.65. The topological polar surface area (TPSA) is 33.1 Å². The molecule has 3 heteroatoms. The van der Waals surface area contributed by atoms with E-state index in [1.165, 1.54) is 0 Å². The molecule has 0 bridgehead atoms. The maximum absolute atomic E-state index is 10.1. The van der Waals surface area contributed by atoms with Crippen molar-refractivity contribution < 1.29 is 5.11 Å². The normalized spacial score (nSPS) is 12.9. The minimum Gasteiger partial charge on any atom is -0.388 e. The van der Waals surface area contributed by atoms with E-state index in [1.807, 2.05) is 35.7 Å². The average Bonchev–Trinajstić information content (AvgIpc) is 2.79. The lowest BCUT2D eigenvalue weighted by Gasteiger charge is -2.08. The summed E-state index contributed by atoms with van der Waals surface area (Å²) in [6.45, 7) is 4.27. The van der Waals surface area contributed by atoms with Crippen LogP contribution >= 0.6 is 11.3 Å². The Hall–Kier alpha value is -1.19. The number of hydrogen-bond donors (Lipinski definition) is 1. The molecule has 0 amide bonds. The van der Waals surface area contributed by atoms with Crippen LogP contribution in [0.2, 0.25) is 0 Å². The van der Waals surface area contributed by atoms with Crippen molar-refractivity contribution in [1.82, 2.24) is 4.98 Å². The Labute approximate surface area is 106 Å². The van der Waals surface area contributed by atoms with Gasteiger partial charge in [-0.05, 0) is 5.56 Å². The number of benzene rings is 1. The molecule has 0 aliphatic heterocycles. The zero-order valence-corrected chi connectivity index (χ0v) is 10.9. The Bertz CT molecular complexity index is 464. The van der Waals surface area contributed by atoms with E-state index in [9.17, 15) is 5.11 Å². The zero-order chi connectivity index (χ0) is 12.3. The van der Waals surface area contributed by atoms with Crippen LogP contribution < -0.4 is 0 Å². The highest BCUT2D eigenvalue weighted by molar-refractivity contribution is 7.09. The van der Waals surface area contributed by atoms with Crippen molar-refractivity contribution in [2.24, 2.45) is 0 Å². The largest absolute Gasteiger partial charge is 0.388 e. The summed E-state index contributed by atoms with van der Waals surface area (Å²) in [5.41, 5.74) is 1.93. The first-order chi connectivity index (χ1) is 8.16. The molecule has 0 saturated carbocycles. The van der Waals surface area contributed by atoms with Crippen molar-refractivity contribution in [3.63, 3.8) is 0 Å². The van der Waals surface area contributed by atoms with Crippen LogP contribution in [-0.4, -0.2) is 10.1 Å². The van der Waals surface area contributed by atoms with Crippen LogP contribution in [0.15, 0.2) is 35.7 Å². The molecule has 1 atom stereocenters. The second-order valence-electron chi connectivity index (χ2n) is 4.46. The number of hydrogen-bond acceptors (Lipinski definition) is 3. The van der Waals surface area contributed by atoms with Crippen molar-refractivity contribution in [1.29, 1.82) is 0 Å². The van der Waals surface area contributed by atoms with E-state index in [0.717, 1.165) is 16.3 Å². The van der Waals surface area contributed by atoms with Crippen LogP contribution in [0.3, 0.4) is 0 Å². The SMILES string of the molecule is CC(C)c1nc(CC(O)c2ccccc2)cs1. The first kappa shape index (κ1) is 12.3. The van der Waals surface area contributed by atoms with Gasteiger partial charge < -0.3 is 5.11 Å². The van der Waals surface area contributed by atoms with Gasteiger partial charge in [-0.15, -0.1) is 11.3 Å². The predicted molar refractivity (Wildman–Crippen MR) is 71.3 cm³/mol. The van der Waals surface area contributed by atoms with E-state index in [1.54, 1.807) is 11.3 Å². The highest BCUT2D eigenvalue weighted by atomic mass is 32.1. The molecule has 2 nitrogen and oxygen atoms in total. The van der Waals surface area contributed by atoms with E-state index >= 15 is 0 Å². The Kier molecular flexibility index (Phi) is 3.92. The summed E-state index contributed by atoms with van der Waals surface area (Å²) in [4.78, 5) is 4.53. The molecule has 90 valence electrons. The highest BCUT2D eigenvalue weighted by Crippen LogP contribution is 2.23. The lowest BCUT2D eigenvalue weighted by molar-refractivity contribution is 0.177. The molecule has 0 radical (unpaired) electrons. The van der Waals surface area contributed by atoms with Gasteiger partial charge >= 0.3 is 0 Å². The molecule has 0 aliphatic carbocycles. The van der Waals surface area contributed by atoms with E-state index in [4.69, 9.17) is 0 Å². The average molecular weight is 247 g/mol. The van der Waals surface area contributed by atoms with Crippen LogP contribution in [-0.2, 0) is 6.42 Å². The Morgan fingerprint density at radius 1 is 1.24 bits per heavy atom. The summed E-state index contributed by atoms with van der Waals surface area (Å²) in [6.07, 6.45) is 0.131. The number of nitrogens with zero attached hydrogens (tertiary/aromatic N) is 1. The summed E-state index contributed by atoms with van der Waals surface area (Å²) < 4.78 is 0. The third kappa shape index (κ3) is 3.14. The molecular weight excluding hydrogens is 230 g/mol. The van der Waals surface area contributed by atoms with Crippen molar-refractivity contribution in [2.45, 2.75) is 32.3 Å². The summed E-state index contributed by atoms with van der Waals surface area (Å²) in [5, 5.41) is 13.3. The van der Waals surface area contributed by atoms with Gasteiger partial charge in [0.05, 0.1) is 16.8 Å². The maximum atomic E-state index is 10.1. The molecule has 1 unspecified atom stereocenters. The molecule has 2 aromatic rings. The van der Waals surface area contributed by atoms with Gasteiger partial charge in [0.25, 0.3) is 0 Å². The van der Waals surface area contributed by atoms with Gasteiger partial charge in [0.2, 0.25) is 0 Å². The minimum atomic E-state index is -0.460. The summed E-state index contributed by atoms with van der Waals surface area (Å²) in [7, 11) is 0. The molecule has 1 aromatic heterocycles. The Morgan fingerprint density at radius 3 is 2.53 bits per heavy atom. The summed E-state index contributed by atoms with van der Waals surface area (Å²) in [6, 6.07) is 9.73. The second-order valence-corrected chi connectivity index (χ2v) is 5.35. The van der Waals surface area contributed by atoms with Crippen molar-refractivity contribution in [3.8, 4) is 0 Å². The van der Waals surface area contributed by atoms with Crippen molar-refractivity contribution in [2.75, 3.05) is 0 Å². The molecule has 0 aliphatic rings.